The van der Waals surface area contributed by atoms with Crippen molar-refractivity contribution in [3.63, 3.8) is 0 Å². The number of rotatable bonds is 5. The average molecular weight is 328 g/mol. The maximum atomic E-state index is 12.1. The fourth-order valence-electron chi connectivity index (χ4n) is 2.54. The Morgan fingerprint density at radius 3 is 2.83 bits per heavy atom. The molecular weight excluding hydrogens is 308 g/mol. The predicted molar refractivity (Wildman–Crippen MR) is 89.2 cm³/mol. The van der Waals surface area contributed by atoms with Crippen LogP contribution in [0.3, 0.4) is 0 Å². The normalized spacial score (nSPS) is 14.5. The van der Waals surface area contributed by atoms with Crippen LogP contribution in [0.25, 0.3) is 0 Å². The van der Waals surface area contributed by atoms with E-state index in [-0.39, 0.29) is 11.7 Å². The van der Waals surface area contributed by atoms with Gasteiger partial charge in [0.15, 0.2) is 5.78 Å². The Morgan fingerprint density at radius 2 is 2.12 bits per heavy atom. The van der Waals surface area contributed by atoms with Crippen molar-refractivity contribution >= 4 is 17.5 Å². The summed E-state index contributed by atoms with van der Waals surface area (Å²) >= 11 is 0. The Kier molecular flexibility index (Phi) is 4.90. The number of nitrogens with one attached hydrogen (secondary N) is 2. The monoisotopic (exact) mass is 328 g/mol. The molecule has 1 aliphatic heterocycles. The Balaban J connectivity index is 1.61. The summed E-state index contributed by atoms with van der Waals surface area (Å²) < 4.78 is 5.34. The number of pyridine rings is 1. The molecule has 0 radical (unpaired) electrons. The van der Waals surface area contributed by atoms with Crippen molar-refractivity contribution in [1.82, 2.24) is 15.3 Å². The molecule has 0 aromatic carbocycles. The molecule has 2 aromatic heterocycles. The van der Waals surface area contributed by atoms with E-state index in [2.05, 4.69) is 20.2 Å². The highest BCUT2D eigenvalue weighted by molar-refractivity contribution is 5.99. The molecule has 0 saturated carbocycles. The molecule has 7 nitrogen and oxygen atoms in total. The van der Waals surface area contributed by atoms with Crippen molar-refractivity contribution in [3.8, 4) is 0 Å². The summed E-state index contributed by atoms with van der Waals surface area (Å²) in [6.07, 6.45) is 3.29. The molecule has 126 valence electrons. The van der Waals surface area contributed by atoms with Crippen LogP contribution in [0.5, 0.6) is 0 Å². The minimum atomic E-state index is -0.243. The lowest BCUT2D eigenvalue weighted by atomic mass is 10.2. The molecule has 0 aliphatic carbocycles. The van der Waals surface area contributed by atoms with E-state index in [0.29, 0.717) is 31.0 Å². The van der Waals surface area contributed by atoms with Gasteiger partial charge in [-0.25, -0.2) is 4.98 Å². The summed E-state index contributed by atoms with van der Waals surface area (Å²) in [5.41, 5.74) is 1.85. The molecule has 0 unspecified atom stereocenters. The van der Waals surface area contributed by atoms with Crippen molar-refractivity contribution < 1.29 is 14.3 Å². The molecule has 0 atom stereocenters. The molecule has 7 heteroatoms. The SMILES string of the molecule is CC(=O)c1c[nH]c(C(=O)NCc2ccnc(N3CCOCC3)c2)c1. The van der Waals surface area contributed by atoms with Gasteiger partial charge in [-0.05, 0) is 30.7 Å². The van der Waals surface area contributed by atoms with E-state index in [4.69, 9.17) is 4.74 Å². The van der Waals surface area contributed by atoms with Crippen LogP contribution in [-0.2, 0) is 11.3 Å². The summed E-state index contributed by atoms with van der Waals surface area (Å²) in [7, 11) is 0. The fourth-order valence-corrected chi connectivity index (χ4v) is 2.54. The number of aromatic nitrogens is 2. The smallest absolute Gasteiger partial charge is 0.267 e. The van der Waals surface area contributed by atoms with Crippen LogP contribution < -0.4 is 10.2 Å². The van der Waals surface area contributed by atoms with Gasteiger partial charge in [-0.2, -0.15) is 0 Å². The van der Waals surface area contributed by atoms with Crippen molar-refractivity contribution in [3.05, 3.63) is 47.4 Å². The Bertz CT molecular complexity index is 735. The zero-order chi connectivity index (χ0) is 16.9. The maximum Gasteiger partial charge on any atom is 0.267 e. The number of amides is 1. The van der Waals surface area contributed by atoms with Crippen molar-refractivity contribution in [2.24, 2.45) is 0 Å². The number of ether oxygens (including phenoxy) is 1. The van der Waals surface area contributed by atoms with Crippen LogP contribution in [-0.4, -0.2) is 48.0 Å². The highest BCUT2D eigenvalue weighted by Gasteiger charge is 2.13. The molecule has 0 bridgehead atoms. The zero-order valence-electron chi connectivity index (χ0n) is 13.5. The number of carbonyl (C=O) groups excluding carboxylic acids is 2. The molecule has 3 rings (SSSR count). The number of hydrogen-bond acceptors (Lipinski definition) is 5. The Hall–Kier alpha value is -2.67. The van der Waals surface area contributed by atoms with Crippen molar-refractivity contribution in [2.75, 3.05) is 31.2 Å². The van der Waals surface area contributed by atoms with Crippen LogP contribution >= 0.6 is 0 Å². The van der Waals surface area contributed by atoms with Gasteiger partial charge in [0.25, 0.3) is 5.91 Å². The minimum absolute atomic E-state index is 0.0745. The van der Waals surface area contributed by atoms with Crippen molar-refractivity contribution in [2.45, 2.75) is 13.5 Å². The third-order valence-corrected chi connectivity index (χ3v) is 3.93. The lowest BCUT2D eigenvalue weighted by Crippen LogP contribution is -2.36. The van der Waals surface area contributed by atoms with E-state index in [9.17, 15) is 9.59 Å². The second kappa shape index (κ2) is 7.27. The first kappa shape index (κ1) is 16.2. The lowest BCUT2D eigenvalue weighted by Gasteiger charge is -2.28. The lowest BCUT2D eigenvalue weighted by molar-refractivity contribution is 0.0946. The third-order valence-electron chi connectivity index (χ3n) is 3.93. The van der Waals surface area contributed by atoms with Crippen molar-refractivity contribution in [1.29, 1.82) is 0 Å². The fraction of sp³-hybridized carbons (Fsp3) is 0.353. The molecule has 2 N–H and O–H groups in total. The molecule has 3 heterocycles. The Morgan fingerprint density at radius 1 is 1.33 bits per heavy atom. The average Bonchev–Trinajstić information content (AvgIpc) is 3.11. The van der Waals surface area contributed by atoms with E-state index in [0.717, 1.165) is 24.5 Å². The molecule has 1 amide bonds. The van der Waals surface area contributed by atoms with Gasteiger partial charge in [0, 0.05) is 37.6 Å². The molecule has 24 heavy (non-hydrogen) atoms. The first-order valence-corrected chi connectivity index (χ1v) is 7.88. The van der Waals surface area contributed by atoms with Gasteiger partial charge in [-0.3, -0.25) is 9.59 Å². The molecule has 1 aliphatic rings. The van der Waals surface area contributed by atoms with Gasteiger partial charge in [-0.1, -0.05) is 0 Å². The van der Waals surface area contributed by atoms with Crippen LogP contribution in [0.1, 0.15) is 33.3 Å². The predicted octanol–water partition coefficient (Wildman–Crippen LogP) is 1.38. The quantitative estimate of drug-likeness (QED) is 0.810. The minimum Gasteiger partial charge on any atom is -0.378 e. The first-order valence-electron chi connectivity index (χ1n) is 7.88. The Labute approximate surface area is 140 Å². The van der Waals surface area contributed by atoms with Gasteiger partial charge in [0.1, 0.15) is 11.5 Å². The number of anilines is 1. The largest absolute Gasteiger partial charge is 0.378 e. The van der Waals surface area contributed by atoms with Crippen LogP contribution in [0, 0.1) is 0 Å². The third kappa shape index (κ3) is 3.80. The second-order valence-electron chi connectivity index (χ2n) is 5.66. The molecule has 1 saturated heterocycles. The standard InChI is InChI=1S/C17H20N4O3/c1-12(22)14-9-15(19-11-14)17(23)20-10-13-2-3-18-16(8-13)21-4-6-24-7-5-21/h2-3,8-9,11,19H,4-7,10H2,1H3,(H,20,23). The van der Waals surface area contributed by atoms with E-state index in [1.54, 1.807) is 18.5 Å². The summed E-state index contributed by atoms with van der Waals surface area (Å²) in [4.78, 5) is 32.8. The second-order valence-corrected chi connectivity index (χ2v) is 5.66. The first-order chi connectivity index (χ1) is 11.6. The number of ketones is 1. The summed E-state index contributed by atoms with van der Waals surface area (Å²) in [5, 5.41) is 2.85. The highest BCUT2D eigenvalue weighted by atomic mass is 16.5. The van der Waals surface area contributed by atoms with Crippen LogP contribution in [0.2, 0.25) is 0 Å². The highest BCUT2D eigenvalue weighted by Crippen LogP contribution is 2.14. The van der Waals surface area contributed by atoms with Gasteiger partial charge >= 0.3 is 0 Å². The van der Waals surface area contributed by atoms with Crippen LogP contribution in [0.15, 0.2) is 30.6 Å². The van der Waals surface area contributed by atoms with Gasteiger partial charge in [0.05, 0.1) is 13.2 Å². The summed E-state index contributed by atoms with van der Waals surface area (Å²) in [6, 6.07) is 5.41. The number of nitrogens with zero attached hydrogens (tertiary/aromatic N) is 2. The van der Waals surface area contributed by atoms with E-state index >= 15 is 0 Å². The van der Waals surface area contributed by atoms with E-state index < -0.39 is 0 Å². The molecule has 0 spiro atoms. The number of Topliss-reactive ketones (excluding diaryl/α,β-unsaturated/α-hetero) is 1. The topological polar surface area (TPSA) is 87.3 Å². The van der Waals surface area contributed by atoms with E-state index in [1.165, 1.54) is 6.92 Å². The summed E-state index contributed by atoms with van der Waals surface area (Å²) in [5.74, 6) is 0.575. The number of hydrogen-bond donors (Lipinski definition) is 2. The molecule has 1 fully saturated rings. The number of H-pyrrole nitrogens is 1. The van der Waals surface area contributed by atoms with Gasteiger partial charge in [0.2, 0.25) is 0 Å². The number of carbonyl (C=O) groups is 2. The summed E-state index contributed by atoms with van der Waals surface area (Å²) in [6.45, 7) is 4.90. The molecular formula is C17H20N4O3. The maximum absolute atomic E-state index is 12.1. The number of morpholine rings is 1. The van der Waals surface area contributed by atoms with E-state index in [1.807, 2.05) is 12.1 Å². The van der Waals surface area contributed by atoms with Crippen LogP contribution in [0.4, 0.5) is 5.82 Å². The van der Waals surface area contributed by atoms with Gasteiger partial charge in [-0.15, -0.1) is 0 Å². The number of aromatic amines is 1. The molecule has 2 aromatic rings. The zero-order valence-corrected chi connectivity index (χ0v) is 13.5. The van der Waals surface area contributed by atoms with Gasteiger partial charge < -0.3 is 19.9 Å².